The third kappa shape index (κ3) is 3.44. The molecule has 1 heterocycles. The largest absolute Gasteiger partial charge is 0.444 e. The predicted molar refractivity (Wildman–Crippen MR) is 80.6 cm³/mol. The van der Waals surface area contributed by atoms with Crippen LogP contribution >= 0.6 is 23.2 Å². The molecule has 0 bridgehead atoms. The first kappa shape index (κ1) is 16.4. The van der Waals surface area contributed by atoms with Gasteiger partial charge in [-0.15, -0.1) is 0 Å². The Morgan fingerprint density at radius 3 is 2.52 bits per heavy atom. The number of carbonyl (C=O) groups is 1. The number of hydrogen-bond acceptors (Lipinski definition) is 4. The van der Waals surface area contributed by atoms with Crippen LogP contribution in [0.4, 0.5) is 4.79 Å². The maximum atomic E-state index is 12.2. The minimum absolute atomic E-state index is 0.0114. The van der Waals surface area contributed by atoms with Gasteiger partial charge in [0.15, 0.2) is 9.84 Å². The predicted octanol–water partition coefficient (Wildman–Crippen LogP) is 3.35. The smallest absolute Gasteiger partial charge is 0.408 e. The van der Waals surface area contributed by atoms with Gasteiger partial charge in [-0.3, -0.25) is 0 Å². The average molecular weight is 352 g/mol. The van der Waals surface area contributed by atoms with Gasteiger partial charge in [-0.25, -0.2) is 13.2 Å². The summed E-state index contributed by atoms with van der Waals surface area (Å²) >= 11 is 11.8. The maximum absolute atomic E-state index is 12.2. The van der Waals surface area contributed by atoms with Gasteiger partial charge in [-0.1, -0.05) is 29.3 Å². The summed E-state index contributed by atoms with van der Waals surface area (Å²) in [5, 5.41) is 2.70. The monoisotopic (exact) mass is 351 g/mol. The quantitative estimate of drug-likeness (QED) is 0.841. The maximum Gasteiger partial charge on any atom is 0.408 e. The van der Waals surface area contributed by atoms with Crippen LogP contribution < -0.4 is 5.32 Å². The molecule has 1 aliphatic rings. The third-order valence-electron chi connectivity index (χ3n) is 2.84. The minimum atomic E-state index is -3.58. The van der Waals surface area contributed by atoms with Crippen molar-refractivity contribution in [3.05, 3.63) is 27.7 Å². The lowest BCUT2D eigenvalue weighted by molar-refractivity contribution is 0.0509. The number of hydrogen-bond donors (Lipinski definition) is 1. The van der Waals surface area contributed by atoms with E-state index in [4.69, 9.17) is 27.9 Å². The second kappa shape index (κ2) is 5.34. The second-order valence-corrected chi connectivity index (χ2v) is 8.52. The molecule has 2 rings (SSSR count). The Bertz CT molecular complexity index is 695. The lowest BCUT2D eigenvalue weighted by atomic mass is 10.1. The van der Waals surface area contributed by atoms with Crippen molar-refractivity contribution < 1.29 is 17.9 Å². The Hall–Kier alpha value is -0.980. The van der Waals surface area contributed by atoms with Crippen molar-refractivity contribution in [2.24, 2.45) is 0 Å². The van der Waals surface area contributed by atoms with E-state index < -0.39 is 27.6 Å². The van der Waals surface area contributed by atoms with Gasteiger partial charge in [-0.05, 0) is 32.4 Å². The van der Waals surface area contributed by atoms with Crippen molar-refractivity contribution >= 4 is 39.1 Å². The normalized spacial score (nSPS) is 20.0. The fourth-order valence-electron chi connectivity index (χ4n) is 2.10. The summed E-state index contributed by atoms with van der Waals surface area (Å²) in [7, 11) is -3.58. The van der Waals surface area contributed by atoms with E-state index in [0.717, 1.165) is 0 Å². The van der Waals surface area contributed by atoms with Crippen LogP contribution in [0.3, 0.4) is 0 Å². The highest BCUT2D eigenvalue weighted by Gasteiger charge is 2.38. The molecule has 1 N–H and O–H groups in total. The number of nitrogens with one attached hydrogen (secondary N) is 1. The van der Waals surface area contributed by atoms with Crippen LogP contribution in [0.1, 0.15) is 32.4 Å². The van der Waals surface area contributed by atoms with Crippen LogP contribution in [0.5, 0.6) is 0 Å². The Labute approximate surface area is 133 Å². The fourth-order valence-corrected chi connectivity index (χ4v) is 4.66. The highest BCUT2D eigenvalue weighted by Crippen LogP contribution is 2.41. The van der Waals surface area contributed by atoms with E-state index >= 15 is 0 Å². The standard InChI is InChI=1S/C13H15Cl2NO4S/c1-13(2,3)20-12(17)16-9-6-21(18,19)11-7(9)4-5-8(14)10(11)15/h4-5,9H,6H2,1-3H3,(H,16,17). The van der Waals surface area contributed by atoms with Crippen molar-refractivity contribution in [2.45, 2.75) is 37.3 Å². The highest BCUT2D eigenvalue weighted by atomic mass is 35.5. The number of fused-ring (bicyclic) bond motifs is 1. The minimum Gasteiger partial charge on any atom is -0.444 e. The molecule has 0 aliphatic carbocycles. The lowest BCUT2D eigenvalue weighted by Crippen LogP contribution is -2.35. The fraction of sp³-hybridized carbons (Fsp3) is 0.462. The summed E-state index contributed by atoms with van der Waals surface area (Å²) in [6.45, 7) is 5.17. The average Bonchev–Trinajstić information content (AvgIpc) is 2.52. The van der Waals surface area contributed by atoms with Gasteiger partial charge in [0, 0.05) is 0 Å². The van der Waals surface area contributed by atoms with Gasteiger partial charge in [0.1, 0.15) is 5.60 Å². The van der Waals surface area contributed by atoms with Gasteiger partial charge in [0.2, 0.25) is 0 Å². The number of sulfone groups is 1. The van der Waals surface area contributed by atoms with Crippen molar-refractivity contribution in [3.8, 4) is 0 Å². The van der Waals surface area contributed by atoms with Crippen LogP contribution in [0.2, 0.25) is 10.0 Å². The summed E-state index contributed by atoms with van der Waals surface area (Å²) < 4.78 is 29.5. The van der Waals surface area contributed by atoms with E-state index in [0.29, 0.717) is 5.56 Å². The van der Waals surface area contributed by atoms with E-state index in [9.17, 15) is 13.2 Å². The molecule has 21 heavy (non-hydrogen) atoms. The first-order valence-corrected chi connectivity index (χ1v) is 8.62. The SMILES string of the molecule is CC(C)(C)OC(=O)NC1CS(=O)(=O)c2c1ccc(Cl)c2Cl. The van der Waals surface area contributed by atoms with Crippen molar-refractivity contribution in [1.82, 2.24) is 5.32 Å². The number of amides is 1. The summed E-state index contributed by atoms with van der Waals surface area (Å²) in [5.74, 6) is -0.262. The topological polar surface area (TPSA) is 72.5 Å². The van der Waals surface area contributed by atoms with Crippen molar-refractivity contribution in [2.75, 3.05) is 5.75 Å². The van der Waals surface area contributed by atoms with Crippen LogP contribution in [0, 0.1) is 0 Å². The van der Waals surface area contributed by atoms with Crippen LogP contribution in [0.15, 0.2) is 17.0 Å². The molecule has 0 aromatic heterocycles. The van der Waals surface area contributed by atoms with Crippen LogP contribution in [-0.2, 0) is 14.6 Å². The summed E-state index contributed by atoms with van der Waals surface area (Å²) in [6, 6.07) is 2.36. The van der Waals surface area contributed by atoms with Crippen LogP contribution in [0.25, 0.3) is 0 Å². The highest BCUT2D eigenvalue weighted by molar-refractivity contribution is 7.92. The third-order valence-corrected chi connectivity index (χ3v) is 5.59. The molecule has 1 amide bonds. The van der Waals surface area contributed by atoms with Gasteiger partial charge >= 0.3 is 6.09 Å². The zero-order valence-corrected chi connectivity index (χ0v) is 14.1. The molecule has 1 aromatic rings. The van der Waals surface area contributed by atoms with Gasteiger partial charge in [0.25, 0.3) is 0 Å². The lowest BCUT2D eigenvalue weighted by Gasteiger charge is -2.21. The van der Waals surface area contributed by atoms with Crippen molar-refractivity contribution in [1.29, 1.82) is 0 Å². The Balaban J connectivity index is 2.32. The Morgan fingerprint density at radius 2 is 1.95 bits per heavy atom. The Morgan fingerprint density at radius 1 is 1.33 bits per heavy atom. The zero-order valence-electron chi connectivity index (χ0n) is 11.7. The van der Waals surface area contributed by atoms with Gasteiger partial charge in [0.05, 0.1) is 26.7 Å². The van der Waals surface area contributed by atoms with Gasteiger partial charge < -0.3 is 10.1 Å². The van der Waals surface area contributed by atoms with E-state index in [-0.39, 0.29) is 20.7 Å². The number of ether oxygens (including phenoxy) is 1. The molecular weight excluding hydrogens is 337 g/mol. The number of halogens is 2. The first-order chi connectivity index (χ1) is 9.51. The number of alkyl carbamates (subject to hydrolysis) is 1. The van der Waals surface area contributed by atoms with E-state index in [1.165, 1.54) is 6.07 Å². The van der Waals surface area contributed by atoms with Crippen LogP contribution in [-0.4, -0.2) is 25.9 Å². The molecule has 0 saturated heterocycles. The molecule has 0 radical (unpaired) electrons. The second-order valence-electron chi connectivity index (χ2n) is 5.76. The molecule has 1 aromatic carbocycles. The molecule has 0 spiro atoms. The summed E-state index contributed by atoms with van der Waals surface area (Å²) in [4.78, 5) is 11.8. The summed E-state index contributed by atoms with van der Waals surface area (Å²) in [5.41, 5.74) is -0.238. The molecule has 8 heteroatoms. The zero-order chi connectivity index (χ0) is 16.0. The van der Waals surface area contributed by atoms with E-state index in [2.05, 4.69) is 5.32 Å². The molecule has 1 unspecified atom stereocenters. The van der Waals surface area contributed by atoms with Crippen molar-refractivity contribution in [3.63, 3.8) is 0 Å². The molecule has 5 nitrogen and oxygen atoms in total. The number of rotatable bonds is 1. The molecule has 116 valence electrons. The Kier molecular flexibility index (Phi) is 4.17. The molecule has 0 fully saturated rings. The van der Waals surface area contributed by atoms with E-state index in [1.54, 1.807) is 26.8 Å². The molecule has 1 atom stereocenters. The molecular formula is C13H15Cl2NO4S. The summed E-state index contributed by atoms with van der Waals surface area (Å²) in [6.07, 6.45) is -0.679. The first-order valence-electron chi connectivity index (χ1n) is 6.21. The number of benzene rings is 1. The van der Waals surface area contributed by atoms with E-state index in [1.807, 2.05) is 0 Å². The molecule has 1 aliphatic heterocycles. The molecule has 0 saturated carbocycles. The van der Waals surface area contributed by atoms with Gasteiger partial charge in [-0.2, -0.15) is 0 Å². The number of carbonyl (C=O) groups excluding carboxylic acids is 1.